The van der Waals surface area contributed by atoms with E-state index in [2.05, 4.69) is 27.7 Å². The van der Waals surface area contributed by atoms with Gasteiger partial charge in [-0.3, -0.25) is 4.79 Å². The van der Waals surface area contributed by atoms with E-state index in [1.54, 1.807) is 0 Å². The SMILES string of the molecule is CC1=NN(c2ccccc2)C(=O)/C1=C\c1ccc(I)cc1. The second-order valence-electron chi connectivity index (χ2n) is 4.75. The van der Waals surface area contributed by atoms with Gasteiger partial charge in [-0.1, -0.05) is 30.3 Å². The van der Waals surface area contributed by atoms with Gasteiger partial charge in [-0.05, 0) is 65.4 Å². The zero-order valence-corrected chi connectivity index (χ0v) is 13.6. The molecule has 0 bridgehead atoms. The lowest BCUT2D eigenvalue weighted by Crippen LogP contribution is -2.21. The third kappa shape index (κ3) is 2.90. The summed E-state index contributed by atoms with van der Waals surface area (Å²) in [6.45, 7) is 1.86. The van der Waals surface area contributed by atoms with Gasteiger partial charge in [-0.15, -0.1) is 0 Å². The second kappa shape index (κ2) is 5.81. The highest BCUT2D eigenvalue weighted by atomic mass is 127. The van der Waals surface area contributed by atoms with Crippen LogP contribution in [0.4, 0.5) is 5.69 Å². The van der Waals surface area contributed by atoms with E-state index in [9.17, 15) is 4.79 Å². The van der Waals surface area contributed by atoms with Crippen molar-refractivity contribution < 1.29 is 4.79 Å². The lowest BCUT2D eigenvalue weighted by atomic mass is 10.1. The van der Waals surface area contributed by atoms with E-state index < -0.39 is 0 Å². The van der Waals surface area contributed by atoms with Gasteiger partial charge in [0.25, 0.3) is 5.91 Å². The fourth-order valence-electron chi connectivity index (χ4n) is 2.15. The van der Waals surface area contributed by atoms with Crippen LogP contribution < -0.4 is 5.01 Å². The van der Waals surface area contributed by atoms with Crippen LogP contribution in [0.25, 0.3) is 6.08 Å². The highest BCUT2D eigenvalue weighted by Gasteiger charge is 2.28. The fraction of sp³-hybridized carbons (Fsp3) is 0.0588. The smallest absolute Gasteiger partial charge is 0.267 e. The lowest BCUT2D eigenvalue weighted by Gasteiger charge is -2.10. The number of para-hydroxylation sites is 1. The molecule has 0 atom stereocenters. The number of rotatable bonds is 2. The Kier molecular flexibility index (Phi) is 3.88. The van der Waals surface area contributed by atoms with Crippen LogP contribution >= 0.6 is 22.6 Å². The van der Waals surface area contributed by atoms with E-state index in [0.717, 1.165) is 17.0 Å². The number of carbonyl (C=O) groups excluding carboxylic acids is 1. The van der Waals surface area contributed by atoms with E-state index in [1.807, 2.05) is 67.6 Å². The summed E-state index contributed by atoms with van der Waals surface area (Å²) in [5, 5.41) is 5.82. The first kappa shape index (κ1) is 14.0. The Hall–Kier alpha value is -1.95. The lowest BCUT2D eigenvalue weighted by molar-refractivity contribution is -0.114. The molecule has 0 N–H and O–H groups in total. The van der Waals surface area contributed by atoms with Crippen molar-refractivity contribution in [3.8, 4) is 0 Å². The molecule has 1 aliphatic rings. The third-order valence-electron chi connectivity index (χ3n) is 3.24. The summed E-state index contributed by atoms with van der Waals surface area (Å²) in [5.74, 6) is -0.0859. The molecule has 0 saturated heterocycles. The summed E-state index contributed by atoms with van der Waals surface area (Å²) in [4.78, 5) is 12.5. The minimum Gasteiger partial charge on any atom is -0.267 e. The van der Waals surface area contributed by atoms with Gasteiger partial charge in [0.15, 0.2) is 0 Å². The fourth-order valence-corrected chi connectivity index (χ4v) is 2.51. The predicted molar refractivity (Wildman–Crippen MR) is 94.2 cm³/mol. The highest BCUT2D eigenvalue weighted by molar-refractivity contribution is 14.1. The van der Waals surface area contributed by atoms with Gasteiger partial charge in [0, 0.05) is 3.57 Å². The van der Waals surface area contributed by atoms with Gasteiger partial charge in [0.05, 0.1) is 17.0 Å². The van der Waals surface area contributed by atoms with Gasteiger partial charge in [0.2, 0.25) is 0 Å². The molecule has 4 heteroatoms. The first-order valence-corrected chi connectivity index (χ1v) is 7.65. The molecule has 104 valence electrons. The van der Waals surface area contributed by atoms with Gasteiger partial charge < -0.3 is 0 Å². The van der Waals surface area contributed by atoms with Gasteiger partial charge in [-0.2, -0.15) is 10.1 Å². The highest BCUT2D eigenvalue weighted by Crippen LogP contribution is 2.24. The topological polar surface area (TPSA) is 32.7 Å². The van der Waals surface area contributed by atoms with Crippen molar-refractivity contribution >= 4 is 46.0 Å². The number of hydrogen-bond donors (Lipinski definition) is 0. The largest absolute Gasteiger partial charge is 0.280 e. The van der Waals surface area contributed by atoms with Crippen LogP contribution in [0.5, 0.6) is 0 Å². The first-order valence-electron chi connectivity index (χ1n) is 6.57. The third-order valence-corrected chi connectivity index (χ3v) is 3.96. The Balaban J connectivity index is 1.94. The van der Waals surface area contributed by atoms with Crippen molar-refractivity contribution in [3.05, 3.63) is 69.3 Å². The summed E-state index contributed by atoms with van der Waals surface area (Å²) in [6.07, 6.45) is 1.89. The van der Waals surface area contributed by atoms with Crippen molar-refractivity contribution in [1.82, 2.24) is 0 Å². The monoisotopic (exact) mass is 388 g/mol. The molecule has 0 saturated carbocycles. The average molecular weight is 388 g/mol. The Bertz CT molecular complexity index is 733. The molecule has 2 aromatic rings. The van der Waals surface area contributed by atoms with Crippen LogP contribution in [0.15, 0.2) is 65.3 Å². The standard InChI is InChI=1S/C17H13IN2O/c1-12-16(11-13-7-9-14(18)10-8-13)17(21)20(19-12)15-5-3-2-4-6-15/h2-11H,1H3/b16-11-. The molecule has 1 amide bonds. The summed E-state index contributed by atoms with van der Waals surface area (Å²) >= 11 is 2.26. The van der Waals surface area contributed by atoms with Gasteiger partial charge in [-0.25, -0.2) is 0 Å². The zero-order chi connectivity index (χ0) is 14.8. The molecular weight excluding hydrogens is 375 g/mol. The van der Waals surface area contributed by atoms with E-state index in [4.69, 9.17) is 0 Å². The predicted octanol–water partition coefficient (Wildman–Crippen LogP) is 4.10. The number of hydrazone groups is 1. The Morgan fingerprint density at radius 2 is 1.71 bits per heavy atom. The Labute approximate surface area is 137 Å². The number of amides is 1. The van der Waals surface area contributed by atoms with Crippen LogP contribution in [0.1, 0.15) is 12.5 Å². The molecule has 2 aromatic carbocycles. The number of benzene rings is 2. The molecule has 0 aliphatic carbocycles. The Morgan fingerprint density at radius 3 is 2.38 bits per heavy atom. The van der Waals surface area contributed by atoms with Gasteiger partial charge in [0.1, 0.15) is 0 Å². The maximum Gasteiger partial charge on any atom is 0.280 e. The molecular formula is C17H13IN2O. The zero-order valence-electron chi connectivity index (χ0n) is 11.5. The molecule has 21 heavy (non-hydrogen) atoms. The second-order valence-corrected chi connectivity index (χ2v) is 5.99. The van der Waals surface area contributed by atoms with Crippen molar-refractivity contribution in [2.24, 2.45) is 5.10 Å². The van der Waals surface area contributed by atoms with E-state index in [1.165, 1.54) is 8.58 Å². The van der Waals surface area contributed by atoms with Crippen molar-refractivity contribution in [3.63, 3.8) is 0 Å². The Morgan fingerprint density at radius 1 is 1.05 bits per heavy atom. The molecule has 0 unspecified atom stereocenters. The van der Waals surface area contributed by atoms with Crippen LogP contribution in [0, 0.1) is 3.57 Å². The summed E-state index contributed by atoms with van der Waals surface area (Å²) in [5.41, 5.74) is 3.17. The maximum atomic E-state index is 12.5. The maximum absolute atomic E-state index is 12.5. The molecule has 0 aromatic heterocycles. The molecule has 1 heterocycles. The van der Waals surface area contributed by atoms with Gasteiger partial charge >= 0.3 is 0 Å². The van der Waals surface area contributed by atoms with Crippen LogP contribution in [0.2, 0.25) is 0 Å². The van der Waals surface area contributed by atoms with Crippen LogP contribution in [-0.2, 0) is 4.79 Å². The molecule has 1 aliphatic heterocycles. The normalized spacial score (nSPS) is 16.5. The van der Waals surface area contributed by atoms with E-state index in [0.29, 0.717) is 5.57 Å². The number of anilines is 1. The van der Waals surface area contributed by atoms with Crippen molar-refractivity contribution in [2.75, 3.05) is 5.01 Å². The number of carbonyl (C=O) groups is 1. The van der Waals surface area contributed by atoms with E-state index in [-0.39, 0.29) is 5.91 Å². The summed E-state index contributed by atoms with van der Waals surface area (Å²) in [7, 11) is 0. The molecule has 0 fully saturated rings. The van der Waals surface area contributed by atoms with Crippen LogP contribution in [0.3, 0.4) is 0 Å². The summed E-state index contributed by atoms with van der Waals surface area (Å²) < 4.78 is 1.17. The quantitative estimate of drug-likeness (QED) is 0.563. The van der Waals surface area contributed by atoms with Crippen LogP contribution in [-0.4, -0.2) is 11.6 Å². The minimum absolute atomic E-state index is 0.0859. The minimum atomic E-state index is -0.0859. The summed E-state index contributed by atoms with van der Waals surface area (Å²) in [6, 6.07) is 17.5. The molecule has 3 nitrogen and oxygen atoms in total. The average Bonchev–Trinajstić information content (AvgIpc) is 2.78. The molecule has 0 radical (unpaired) electrons. The van der Waals surface area contributed by atoms with Crippen molar-refractivity contribution in [1.29, 1.82) is 0 Å². The molecule has 0 spiro atoms. The number of nitrogens with zero attached hydrogens (tertiary/aromatic N) is 2. The number of hydrogen-bond acceptors (Lipinski definition) is 2. The first-order chi connectivity index (χ1) is 10.1. The number of halogens is 1. The molecule has 3 rings (SSSR count). The van der Waals surface area contributed by atoms with Crippen molar-refractivity contribution in [2.45, 2.75) is 6.92 Å². The van der Waals surface area contributed by atoms with E-state index >= 15 is 0 Å².